The first-order chi connectivity index (χ1) is 9.91. The SMILES string of the molecule is Cc1nn(C)c(C)c1C(=O)C(=O)NC(C)c1ccccc1. The van der Waals surface area contributed by atoms with E-state index in [1.165, 1.54) is 0 Å². The summed E-state index contributed by atoms with van der Waals surface area (Å²) in [6, 6.07) is 9.31. The lowest BCUT2D eigenvalue weighted by Gasteiger charge is -2.13. The number of carbonyl (C=O) groups is 2. The third-order valence-electron chi connectivity index (χ3n) is 3.59. The van der Waals surface area contributed by atoms with Crippen molar-refractivity contribution in [1.82, 2.24) is 15.1 Å². The van der Waals surface area contributed by atoms with E-state index in [-0.39, 0.29) is 6.04 Å². The highest BCUT2D eigenvalue weighted by molar-refractivity contribution is 6.43. The summed E-state index contributed by atoms with van der Waals surface area (Å²) in [6.45, 7) is 5.36. The number of ketones is 1. The first-order valence-electron chi connectivity index (χ1n) is 6.82. The van der Waals surface area contributed by atoms with Gasteiger partial charge in [0.05, 0.1) is 17.3 Å². The second-order valence-electron chi connectivity index (χ2n) is 5.10. The van der Waals surface area contributed by atoms with E-state index in [0.717, 1.165) is 5.56 Å². The number of Topliss-reactive ketones (excluding diaryl/α,β-unsaturated/α-hetero) is 1. The lowest BCUT2D eigenvalue weighted by molar-refractivity contribution is -0.117. The van der Waals surface area contributed by atoms with Crippen LogP contribution in [0, 0.1) is 13.8 Å². The van der Waals surface area contributed by atoms with Crippen LogP contribution in [-0.2, 0) is 11.8 Å². The minimum absolute atomic E-state index is 0.222. The maximum atomic E-state index is 12.3. The number of nitrogens with one attached hydrogen (secondary N) is 1. The van der Waals surface area contributed by atoms with Crippen molar-refractivity contribution in [2.45, 2.75) is 26.8 Å². The van der Waals surface area contributed by atoms with Crippen molar-refractivity contribution in [2.24, 2.45) is 7.05 Å². The van der Waals surface area contributed by atoms with Gasteiger partial charge >= 0.3 is 0 Å². The van der Waals surface area contributed by atoms with Crippen LogP contribution >= 0.6 is 0 Å². The molecule has 1 atom stereocenters. The van der Waals surface area contributed by atoms with Gasteiger partial charge in [0.15, 0.2) is 0 Å². The van der Waals surface area contributed by atoms with Crippen molar-refractivity contribution in [3.8, 4) is 0 Å². The zero-order valence-electron chi connectivity index (χ0n) is 12.7. The molecule has 0 saturated heterocycles. The van der Waals surface area contributed by atoms with E-state index >= 15 is 0 Å². The molecule has 0 fully saturated rings. The normalized spacial score (nSPS) is 12.0. The Bertz CT molecular complexity index is 674. The van der Waals surface area contributed by atoms with Crippen LogP contribution in [0.2, 0.25) is 0 Å². The Morgan fingerprint density at radius 2 is 1.81 bits per heavy atom. The number of nitrogens with zero attached hydrogens (tertiary/aromatic N) is 2. The largest absolute Gasteiger partial charge is 0.343 e. The minimum Gasteiger partial charge on any atom is -0.343 e. The van der Waals surface area contributed by atoms with Crippen LogP contribution in [0.4, 0.5) is 0 Å². The number of hydrogen-bond acceptors (Lipinski definition) is 3. The fraction of sp³-hybridized carbons (Fsp3) is 0.312. The highest BCUT2D eigenvalue weighted by Gasteiger charge is 2.24. The van der Waals surface area contributed by atoms with E-state index in [2.05, 4.69) is 10.4 Å². The summed E-state index contributed by atoms with van der Waals surface area (Å²) in [6.07, 6.45) is 0. The van der Waals surface area contributed by atoms with E-state index in [1.807, 2.05) is 37.3 Å². The molecule has 1 N–H and O–H groups in total. The average Bonchev–Trinajstić information content (AvgIpc) is 2.72. The number of aryl methyl sites for hydroxylation is 2. The maximum absolute atomic E-state index is 12.3. The van der Waals surface area contributed by atoms with Crippen molar-refractivity contribution in [1.29, 1.82) is 0 Å². The maximum Gasteiger partial charge on any atom is 0.293 e. The lowest BCUT2D eigenvalue weighted by Crippen LogP contribution is -2.33. The van der Waals surface area contributed by atoms with E-state index in [0.29, 0.717) is 17.0 Å². The smallest absolute Gasteiger partial charge is 0.293 e. The Morgan fingerprint density at radius 1 is 1.19 bits per heavy atom. The fourth-order valence-electron chi connectivity index (χ4n) is 2.30. The van der Waals surface area contributed by atoms with Crippen LogP contribution in [0.5, 0.6) is 0 Å². The molecule has 5 heteroatoms. The molecule has 0 radical (unpaired) electrons. The molecule has 1 amide bonds. The quantitative estimate of drug-likeness (QED) is 0.691. The predicted octanol–water partition coefficient (Wildman–Crippen LogP) is 2.10. The highest BCUT2D eigenvalue weighted by atomic mass is 16.2. The molecule has 2 rings (SSSR count). The van der Waals surface area contributed by atoms with Gasteiger partial charge in [-0.2, -0.15) is 5.10 Å². The van der Waals surface area contributed by atoms with Gasteiger partial charge in [0.2, 0.25) is 0 Å². The molecule has 0 aliphatic heterocycles. The Hall–Kier alpha value is -2.43. The summed E-state index contributed by atoms with van der Waals surface area (Å²) in [7, 11) is 1.75. The number of benzene rings is 1. The van der Waals surface area contributed by atoms with Gasteiger partial charge in [0.1, 0.15) is 0 Å². The Balaban J connectivity index is 2.15. The summed E-state index contributed by atoms with van der Waals surface area (Å²) in [5, 5.41) is 6.90. The first kappa shape index (κ1) is 15.0. The first-order valence-corrected chi connectivity index (χ1v) is 6.82. The lowest BCUT2D eigenvalue weighted by atomic mass is 10.1. The molecule has 110 valence electrons. The summed E-state index contributed by atoms with van der Waals surface area (Å²) < 4.78 is 1.61. The topological polar surface area (TPSA) is 64.0 Å². The van der Waals surface area contributed by atoms with Crippen LogP contribution in [0.15, 0.2) is 30.3 Å². The van der Waals surface area contributed by atoms with E-state index in [1.54, 1.807) is 25.6 Å². The molecule has 1 unspecified atom stereocenters. The van der Waals surface area contributed by atoms with Crippen molar-refractivity contribution in [2.75, 3.05) is 0 Å². The zero-order chi connectivity index (χ0) is 15.6. The molecule has 0 aliphatic rings. The van der Waals surface area contributed by atoms with E-state index < -0.39 is 11.7 Å². The van der Waals surface area contributed by atoms with Gasteiger partial charge < -0.3 is 5.32 Å². The van der Waals surface area contributed by atoms with Gasteiger partial charge in [-0.15, -0.1) is 0 Å². The molecule has 0 bridgehead atoms. The van der Waals surface area contributed by atoms with Crippen LogP contribution in [0.25, 0.3) is 0 Å². The van der Waals surface area contributed by atoms with Crippen molar-refractivity contribution in [3.05, 3.63) is 52.8 Å². The predicted molar refractivity (Wildman–Crippen MR) is 80.0 cm³/mol. The molecule has 0 aliphatic carbocycles. The van der Waals surface area contributed by atoms with Crippen LogP contribution in [0.1, 0.15) is 40.3 Å². The second kappa shape index (κ2) is 5.91. The van der Waals surface area contributed by atoms with Gasteiger partial charge in [-0.25, -0.2) is 0 Å². The fourth-order valence-corrected chi connectivity index (χ4v) is 2.30. The molecule has 0 saturated carbocycles. The second-order valence-corrected chi connectivity index (χ2v) is 5.10. The number of hydrogen-bond donors (Lipinski definition) is 1. The third kappa shape index (κ3) is 3.02. The molecule has 1 heterocycles. The molecule has 1 aromatic carbocycles. The van der Waals surface area contributed by atoms with Crippen LogP contribution < -0.4 is 5.32 Å². The monoisotopic (exact) mass is 285 g/mol. The van der Waals surface area contributed by atoms with Gasteiger partial charge in [0.25, 0.3) is 11.7 Å². The number of aromatic nitrogens is 2. The van der Waals surface area contributed by atoms with Gasteiger partial charge in [-0.1, -0.05) is 30.3 Å². The number of rotatable bonds is 4. The molecular weight excluding hydrogens is 266 g/mol. The van der Waals surface area contributed by atoms with Gasteiger partial charge in [-0.05, 0) is 26.3 Å². The summed E-state index contributed by atoms with van der Waals surface area (Å²) in [4.78, 5) is 24.4. The number of amides is 1. The van der Waals surface area contributed by atoms with Crippen LogP contribution in [-0.4, -0.2) is 21.5 Å². The molecule has 5 nitrogen and oxygen atoms in total. The Labute approximate surface area is 124 Å². The summed E-state index contributed by atoms with van der Waals surface area (Å²) >= 11 is 0. The van der Waals surface area contributed by atoms with Gasteiger partial charge in [0, 0.05) is 12.7 Å². The molecular formula is C16H19N3O2. The third-order valence-corrected chi connectivity index (χ3v) is 3.59. The summed E-state index contributed by atoms with van der Waals surface area (Å²) in [5.41, 5.74) is 2.61. The molecule has 0 spiro atoms. The minimum atomic E-state index is -0.606. The average molecular weight is 285 g/mol. The zero-order valence-corrected chi connectivity index (χ0v) is 12.7. The standard InChI is InChI=1S/C16H19N3O2/c1-10(13-8-6-5-7-9-13)17-16(21)15(20)14-11(2)18-19(4)12(14)3/h5-10H,1-4H3,(H,17,21). The Kier molecular flexibility index (Phi) is 4.21. The van der Waals surface area contributed by atoms with Crippen molar-refractivity contribution >= 4 is 11.7 Å². The van der Waals surface area contributed by atoms with E-state index in [9.17, 15) is 9.59 Å². The molecule has 21 heavy (non-hydrogen) atoms. The van der Waals surface area contributed by atoms with E-state index in [4.69, 9.17) is 0 Å². The van der Waals surface area contributed by atoms with Crippen molar-refractivity contribution < 1.29 is 9.59 Å². The molecule has 1 aromatic heterocycles. The Morgan fingerprint density at radius 3 is 2.33 bits per heavy atom. The molecule has 2 aromatic rings. The van der Waals surface area contributed by atoms with Crippen molar-refractivity contribution in [3.63, 3.8) is 0 Å². The van der Waals surface area contributed by atoms with Crippen LogP contribution in [0.3, 0.4) is 0 Å². The number of carbonyl (C=O) groups excluding carboxylic acids is 2. The highest BCUT2D eigenvalue weighted by Crippen LogP contribution is 2.15. The summed E-state index contributed by atoms with van der Waals surface area (Å²) in [5.74, 6) is -1.15. The van der Waals surface area contributed by atoms with Gasteiger partial charge in [-0.3, -0.25) is 14.3 Å².